The van der Waals surface area contributed by atoms with E-state index in [1.165, 1.54) is 0 Å². The largest absolute Gasteiger partial charge is 0.490 e. The van der Waals surface area contributed by atoms with Crippen molar-refractivity contribution in [2.24, 2.45) is 5.41 Å². The topological polar surface area (TPSA) is 94.1 Å². The predicted molar refractivity (Wildman–Crippen MR) is 91.6 cm³/mol. The highest BCUT2D eigenvalue weighted by Gasteiger charge is 2.50. The molecule has 25 heavy (non-hydrogen) atoms. The Balaban J connectivity index is 2.23. The van der Waals surface area contributed by atoms with Gasteiger partial charge in [0.25, 0.3) is 5.91 Å². The van der Waals surface area contributed by atoms with E-state index in [1.807, 2.05) is 20.8 Å². The number of hydrogen-bond donors (Lipinski definition) is 2. The van der Waals surface area contributed by atoms with Crippen LogP contribution < -0.4 is 19.5 Å². The van der Waals surface area contributed by atoms with Gasteiger partial charge in [0.15, 0.2) is 11.5 Å². The molecule has 0 radical (unpaired) electrons. The normalized spacial score (nSPS) is 14.5. The summed E-state index contributed by atoms with van der Waals surface area (Å²) in [6, 6.07) is 3.18. The highest BCUT2D eigenvalue weighted by atomic mass is 16.5. The van der Waals surface area contributed by atoms with E-state index in [4.69, 9.17) is 14.2 Å². The summed E-state index contributed by atoms with van der Waals surface area (Å²) < 4.78 is 16.8. The third-order valence-electron chi connectivity index (χ3n) is 4.07. The van der Waals surface area contributed by atoms with Gasteiger partial charge in [-0.1, -0.05) is 0 Å². The lowest BCUT2D eigenvalue weighted by molar-refractivity contribution is -0.143. The molecule has 2 N–H and O–H groups in total. The van der Waals surface area contributed by atoms with Crippen molar-refractivity contribution in [1.29, 1.82) is 0 Å². The van der Waals surface area contributed by atoms with Crippen LogP contribution in [0.2, 0.25) is 0 Å². The number of rotatable bonds is 10. The fourth-order valence-electron chi connectivity index (χ4n) is 2.49. The van der Waals surface area contributed by atoms with Crippen molar-refractivity contribution >= 4 is 11.9 Å². The summed E-state index contributed by atoms with van der Waals surface area (Å²) >= 11 is 0. The highest BCUT2D eigenvalue weighted by Crippen LogP contribution is 2.45. The maximum Gasteiger partial charge on any atom is 0.311 e. The monoisotopic (exact) mass is 351 g/mol. The molecule has 0 bridgehead atoms. The Hall–Kier alpha value is -2.44. The molecule has 1 aromatic carbocycles. The molecule has 0 saturated heterocycles. The first kappa shape index (κ1) is 18.9. The summed E-state index contributed by atoms with van der Waals surface area (Å²) in [6.45, 7) is 6.92. The lowest BCUT2D eigenvalue weighted by Crippen LogP contribution is -2.34. The minimum Gasteiger partial charge on any atom is -0.490 e. The van der Waals surface area contributed by atoms with Crippen LogP contribution in [0.4, 0.5) is 0 Å². The van der Waals surface area contributed by atoms with Gasteiger partial charge in [-0.15, -0.1) is 0 Å². The van der Waals surface area contributed by atoms with Crippen molar-refractivity contribution in [3.63, 3.8) is 0 Å². The van der Waals surface area contributed by atoms with E-state index in [2.05, 4.69) is 5.32 Å². The van der Waals surface area contributed by atoms with Gasteiger partial charge in [0.2, 0.25) is 5.75 Å². The number of carbonyl (C=O) groups is 2. The molecular formula is C18H25NO6. The maximum atomic E-state index is 12.5. The second kappa shape index (κ2) is 8.09. The van der Waals surface area contributed by atoms with Crippen LogP contribution in [0.5, 0.6) is 17.2 Å². The zero-order valence-corrected chi connectivity index (χ0v) is 14.9. The molecule has 0 unspecified atom stereocenters. The average molecular weight is 351 g/mol. The van der Waals surface area contributed by atoms with E-state index in [1.54, 1.807) is 12.1 Å². The Bertz CT molecular complexity index is 611. The summed E-state index contributed by atoms with van der Waals surface area (Å²) in [5, 5.41) is 11.9. The van der Waals surface area contributed by atoms with Gasteiger partial charge in [-0.05, 0) is 45.7 Å². The van der Waals surface area contributed by atoms with E-state index in [0.29, 0.717) is 55.5 Å². The minimum absolute atomic E-state index is 0.113. The number of carboxylic acids is 1. The third-order valence-corrected chi connectivity index (χ3v) is 4.07. The van der Waals surface area contributed by atoms with Crippen LogP contribution >= 0.6 is 0 Å². The van der Waals surface area contributed by atoms with Gasteiger partial charge in [-0.3, -0.25) is 9.59 Å². The number of carbonyl (C=O) groups excluding carboxylic acids is 1. The summed E-state index contributed by atoms with van der Waals surface area (Å²) in [4.78, 5) is 23.7. The van der Waals surface area contributed by atoms with Crippen molar-refractivity contribution in [3.05, 3.63) is 17.7 Å². The molecule has 0 atom stereocenters. The quantitative estimate of drug-likeness (QED) is 0.672. The molecule has 0 aliphatic heterocycles. The predicted octanol–water partition coefficient (Wildman–Crippen LogP) is 2.48. The molecule has 1 saturated carbocycles. The van der Waals surface area contributed by atoms with Crippen LogP contribution in [0.3, 0.4) is 0 Å². The van der Waals surface area contributed by atoms with Gasteiger partial charge >= 0.3 is 5.97 Å². The van der Waals surface area contributed by atoms with Gasteiger partial charge in [-0.25, -0.2) is 0 Å². The molecule has 138 valence electrons. The number of carboxylic acid groups (broad SMARTS) is 1. The number of hydrogen-bond acceptors (Lipinski definition) is 5. The molecule has 0 aromatic heterocycles. The molecule has 2 rings (SSSR count). The fraction of sp³-hybridized carbons (Fsp3) is 0.556. The van der Waals surface area contributed by atoms with E-state index < -0.39 is 11.4 Å². The Morgan fingerprint density at radius 3 is 1.96 bits per heavy atom. The molecule has 1 aromatic rings. The Morgan fingerprint density at radius 1 is 1.04 bits per heavy atom. The van der Waals surface area contributed by atoms with Crippen LogP contribution in [0, 0.1) is 5.41 Å². The summed E-state index contributed by atoms with van der Waals surface area (Å²) in [7, 11) is 0. The molecule has 7 heteroatoms. The van der Waals surface area contributed by atoms with Crippen LogP contribution in [-0.4, -0.2) is 43.3 Å². The zero-order valence-electron chi connectivity index (χ0n) is 14.9. The lowest BCUT2D eigenvalue weighted by atomic mass is 10.1. The molecular weight excluding hydrogens is 326 g/mol. The molecule has 1 aliphatic rings. The van der Waals surface area contributed by atoms with E-state index in [-0.39, 0.29) is 12.5 Å². The minimum atomic E-state index is -0.871. The van der Waals surface area contributed by atoms with Crippen molar-refractivity contribution in [3.8, 4) is 17.2 Å². The molecule has 1 aliphatic carbocycles. The van der Waals surface area contributed by atoms with Crippen LogP contribution in [0.25, 0.3) is 0 Å². The fourth-order valence-corrected chi connectivity index (χ4v) is 2.49. The van der Waals surface area contributed by atoms with Gasteiger partial charge in [0, 0.05) is 12.1 Å². The number of ether oxygens (including phenoxy) is 3. The Labute approximate surface area is 147 Å². The maximum absolute atomic E-state index is 12.5. The van der Waals surface area contributed by atoms with Crippen LogP contribution in [0.15, 0.2) is 12.1 Å². The highest BCUT2D eigenvalue weighted by molar-refractivity contribution is 5.96. The number of benzene rings is 1. The summed E-state index contributed by atoms with van der Waals surface area (Å²) in [6.07, 6.45) is 1.17. The lowest BCUT2D eigenvalue weighted by Gasteiger charge is -2.17. The smallest absolute Gasteiger partial charge is 0.311 e. The first-order valence-electron chi connectivity index (χ1n) is 8.55. The average Bonchev–Trinajstić information content (AvgIpc) is 3.37. The van der Waals surface area contributed by atoms with Crippen molar-refractivity contribution < 1.29 is 28.9 Å². The second-order valence-electron chi connectivity index (χ2n) is 5.87. The van der Waals surface area contributed by atoms with Crippen LogP contribution in [0.1, 0.15) is 44.0 Å². The first-order chi connectivity index (χ1) is 12.0. The standard InChI is InChI=1S/C18H25NO6/c1-4-23-13-9-12(10-14(24-5-2)15(13)25-6-3)16(20)19-11-18(7-8-18)17(21)22/h9-10H,4-8,11H2,1-3H3,(H,19,20)(H,21,22). The molecule has 0 spiro atoms. The van der Waals surface area contributed by atoms with Crippen molar-refractivity contribution in [2.45, 2.75) is 33.6 Å². The van der Waals surface area contributed by atoms with Gasteiger partial charge in [0.1, 0.15) is 0 Å². The van der Waals surface area contributed by atoms with Crippen LogP contribution in [-0.2, 0) is 4.79 Å². The van der Waals surface area contributed by atoms with Gasteiger partial charge < -0.3 is 24.6 Å². The Kier molecular flexibility index (Phi) is 6.12. The molecule has 1 fully saturated rings. The second-order valence-corrected chi connectivity index (χ2v) is 5.87. The molecule has 0 heterocycles. The van der Waals surface area contributed by atoms with E-state index in [9.17, 15) is 14.7 Å². The number of amides is 1. The van der Waals surface area contributed by atoms with Gasteiger partial charge in [0.05, 0.1) is 25.2 Å². The first-order valence-corrected chi connectivity index (χ1v) is 8.55. The summed E-state index contributed by atoms with van der Waals surface area (Å²) in [5.74, 6) is 0.0913. The molecule has 1 amide bonds. The SMILES string of the molecule is CCOc1cc(C(=O)NCC2(C(=O)O)CC2)cc(OCC)c1OCC. The van der Waals surface area contributed by atoms with E-state index in [0.717, 1.165) is 0 Å². The van der Waals surface area contributed by atoms with Crippen molar-refractivity contribution in [1.82, 2.24) is 5.32 Å². The number of aliphatic carboxylic acids is 1. The third kappa shape index (κ3) is 4.35. The van der Waals surface area contributed by atoms with Gasteiger partial charge in [-0.2, -0.15) is 0 Å². The summed E-state index contributed by atoms with van der Waals surface area (Å²) in [5.41, 5.74) is -0.469. The van der Waals surface area contributed by atoms with Crippen molar-refractivity contribution in [2.75, 3.05) is 26.4 Å². The zero-order chi connectivity index (χ0) is 18.4. The van der Waals surface area contributed by atoms with E-state index >= 15 is 0 Å². The Morgan fingerprint density at radius 2 is 1.56 bits per heavy atom. The number of nitrogens with one attached hydrogen (secondary N) is 1. The molecule has 7 nitrogen and oxygen atoms in total.